The first-order valence-electron chi connectivity index (χ1n) is 8.80. The van der Waals surface area contributed by atoms with E-state index < -0.39 is 29.4 Å². The van der Waals surface area contributed by atoms with Crippen LogP contribution >= 0.6 is 0 Å². The van der Waals surface area contributed by atoms with Gasteiger partial charge >= 0.3 is 11.9 Å². The summed E-state index contributed by atoms with van der Waals surface area (Å²) in [6.07, 6.45) is 0. The van der Waals surface area contributed by atoms with Gasteiger partial charge in [-0.3, -0.25) is 9.59 Å². The Morgan fingerprint density at radius 2 is 1.55 bits per heavy atom. The number of benzene rings is 2. The zero-order chi connectivity index (χ0) is 21.2. The molecule has 0 aromatic heterocycles. The highest BCUT2D eigenvalue weighted by atomic mass is 16.7. The highest BCUT2D eigenvalue weighted by Gasteiger charge is 2.38. The number of carbonyl (C=O) groups is 4. The smallest absolute Gasteiger partial charge is 0.364 e. The predicted octanol–water partition coefficient (Wildman–Crippen LogP) is 2.78. The van der Waals surface area contributed by atoms with E-state index in [0.717, 1.165) is 0 Å². The van der Waals surface area contributed by atoms with Gasteiger partial charge in [0.15, 0.2) is 6.61 Å². The first kappa shape index (κ1) is 20.1. The molecule has 0 radical (unpaired) electrons. The van der Waals surface area contributed by atoms with E-state index in [1.165, 1.54) is 30.3 Å². The minimum absolute atomic E-state index is 0.0447. The first-order valence-corrected chi connectivity index (χ1v) is 8.80. The largest absolute Gasteiger partial charge is 0.482 e. The first-order chi connectivity index (χ1) is 13.7. The zero-order valence-corrected chi connectivity index (χ0v) is 16.1. The lowest BCUT2D eigenvalue weighted by molar-refractivity contribution is -0.157. The quantitative estimate of drug-likeness (QED) is 0.565. The Kier molecular flexibility index (Phi) is 5.36. The number of imide groups is 1. The number of ether oxygens (including phenoxy) is 2. The van der Waals surface area contributed by atoms with Crippen molar-refractivity contribution in [2.75, 3.05) is 6.61 Å². The van der Waals surface area contributed by atoms with Crippen LogP contribution in [0.3, 0.4) is 0 Å². The Balaban J connectivity index is 1.65. The number of amides is 2. The van der Waals surface area contributed by atoms with Gasteiger partial charge in [-0.25, -0.2) is 9.59 Å². The van der Waals surface area contributed by atoms with Crippen molar-refractivity contribution in [2.24, 2.45) is 0 Å². The van der Waals surface area contributed by atoms with Crippen molar-refractivity contribution in [1.82, 2.24) is 5.06 Å². The van der Waals surface area contributed by atoms with Crippen molar-refractivity contribution in [3.8, 4) is 5.75 Å². The molecule has 1 aliphatic rings. The average Bonchev–Trinajstić information content (AvgIpc) is 2.90. The van der Waals surface area contributed by atoms with Gasteiger partial charge in [-0.15, -0.1) is 0 Å². The molecule has 0 fully saturated rings. The molecule has 1 aliphatic heterocycles. The molecule has 0 saturated heterocycles. The zero-order valence-electron chi connectivity index (χ0n) is 16.1. The van der Waals surface area contributed by atoms with Crippen molar-refractivity contribution in [2.45, 2.75) is 26.4 Å². The molecular weight excluding hydrogens is 378 g/mol. The van der Waals surface area contributed by atoms with E-state index in [1.807, 2.05) is 0 Å². The number of hydrogen-bond donors (Lipinski definition) is 0. The highest BCUT2D eigenvalue weighted by molar-refractivity contribution is 6.21. The molecule has 2 aromatic carbocycles. The van der Waals surface area contributed by atoms with Crippen molar-refractivity contribution >= 4 is 23.8 Å². The third-order valence-electron chi connectivity index (χ3n) is 3.78. The summed E-state index contributed by atoms with van der Waals surface area (Å²) in [6, 6.07) is 12.0. The van der Waals surface area contributed by atoms with Crippen molar-refractivity contribution in [3.63, 3.8) is 0 Å². The third-order valence-corrected chi connectivity index (χ3v) is 3.78. The molecule has 29 heavy (non-hydrogen) atoms. The Hall–Kier alpha value is -3.68. The van der Waals surface area contributed by atoms with Crippen LogP contribution in [0.2, 0.25) is 0 Å². The van der Waals surface area contributed by atoms with Crippen LogP contribution in [0, 0.1) is 0 Å². The molecule has 8 heteroatoms. The lowest BCUT2D eigenvalue weighted by Gasteiger charge is -2.19. The molecule has 0 aliphatic carbocycles. The molecule has 8 nitrogen and oxygen atoms in total. The van der Waals surface area contributed by atoms with E-state index in [-0.39, 0.29) is 29.0 Å². The van der Waals surface area contributed by atoms with Gasteiger partial charge in [0, 0.05) is 0 Å². The molecule has 0 saturated carbocycles. The van der Waals surface area contributed by atoms with Gasteiger partial charge < -0.3 is 14.3 Å². The van der Waals surface area contributed by atoms with Crippen molar-refractivity contribution < 1.29 is 33.5 Å². The molecule has 0 bridgehead atoms. The summed E-state index contributed by atoms with van der Waals surface area (Å²) in [5, 5.41) is 0.432. The number of esters is 1. The topological polar surface area (TPSA) is 99.2 Å². The van der Waals surface area contributed by atoms with Gasteiger partial charge in [0.2, 0.25) is 0 Å². The summed E-state index contributed by atoms with van der Waals surface area (Å²) in [5.74, 6) is -2.67. The SMILES string of the molecule is CC(C)(C)OC(=O)COc1cccc(C(=O)ON2C(=O)c3ccccc3C2=O)c1. The molecule has 0 spiro atoms. The van der Waals surface area contributed by atoms with E-state index in [4.69, 9.17) is 14.3 Å². The van der Waals surface area contributed by atoms with Crippen LogP contribution in [0.15, 0.2) is 48.5 Å². The second-order valence-corrected chi connectivity index (χ2v) is 7.23. The van der Waals surface area contributed by atoms with Crippen molar-refractivity contribution in [1.29, 1.82) is 0 Å². The van der Waals surface area contributed by atoms with Gasteiger partial charge in [-0.2, -0.15) is 0 Å². The van der Waals surface area contributed by atoms with Crippen LogP contribution in [0.5, 0.6) is 5.75 Å². The van der Waals surface area contributed by atoms with Gasteiger partial charge in [0.25, 0.3) is 11.8 Å². The molecule has 3 rings (SSSR count). The maximum absolute atomic E-state index is 12.4. The molecule has 0 N–H and O–H groups in total. The molecule has 0 atom stereocenters. The van der Waals surface area contributed by atoms with E-state index in [1.54, 1.807) is 39.0 Å². The number of rotatable bonds is 5. The molecule has 2 amide bonds. The Bertz CT molecular complexity index is 956. The number of nitrogens with zero attached hydrogens (tertiary/aromatic N) is 1. The fraction of sp³-hybridized carbons (Fsp3) is 0.238. The van der Waals surface area contributed by atoms with E-state index in [0.29, 0.717) is 5.06 Å². The summed E-state index contributed by atoms with van der Waals surface area (Å²) >= 11 is 0. The number of hydroxylamine groups is 2. The molecule has 1 heterocycles. The molecule has 150 valence electrons. The third kappa shape index (κ3) is 4.60. The van der Waals surface area contributed by atoms with E-state index in [9.17, 15) is 19.2 Å². The van der Waals surface area contributed by atoms with Gasteiger partial charge in [0.1, 0.15) is 11.4 Å². The number of hydrogen-bond acceptors (Lipinski definition) is 7. The van der Waals surface area contributed by atoms with Crippen LogP contribution in [-0.2, 0) is 14.4 Å². The fourth-order valence-electron chi connectivity index (χ4n) is 2.61. The van der Waals surface area contributed by atoms with Crippen LogP contribution in [0.25, 0.3) is 0 Å². The minimum atomic E-state index is -0.915. The van der Waals surface area contributed by atoms with Crippen LogP contribution < -0.4 is 4.74 Å². The van der Waals surface area contributed by atoms with Gasteiger partial charge in [-0.05, 0) is 51.1 Å². The second kappa shape index (κ2) is 7.75. The van der Waals surface area contributed by atoms with Gasteiger partial charge in [0.05, 0.1) is 16.7 Å². The normalized spacial score (nSPS) is 13.1. The lowest BCUT2D eigenvalue weighted by atomic mass is 10.1. The fourth-order valence-corrected chi connectivity index (χ4v) is 2.61. The monoisotopic (exact) mass is 397 g/mol. The molecular formula is C21H19NO7. The highest BCUT2D eigenvalue weighted by Crippen LogP contribution is 2.24. The summed E-state index contributed by atoms with van der Waals surface area (Å²) in [7, 11) is 0. The van der Waals surface area contributed by atoms with E-state index in [2.05, 4.69) is 0 Å². The Morgan fingerprint density at radius 3 is 2.14 bits per heavy atom. The van der Waals surface area contributed by atoms with Crippen LogP contribution in [-0.4, -0.2) is 41.0 Å². The van der Waals surface area contributed by atoms with Crippen LogP contribution in [0.4, 0.5) is 0 Å². The molecule has 2 aromatic rings. The maximum Gasteiger partial charge on any atom is 0.364 e. The Morgan fingerprint density at radius 1 is 0.931 bits per heavy atom. The predicted molar refractivity (Wildman–Crippen MR) is 100 cm³/mol. The van der Waals surface area contributed by atoms with E-state index >= 15 is 0 Å². The summed E-state index contributed by atoms with van der Waals surface area (Å²) in [6.45, 7) is 4.87. The van der Waals surface area contributed by atoms with Crippen molar-refractivity contribution in [3.05, 3.63) is 65.2 Å². The maximum atomic E-state index is 12.4. The molecule has 0 unspecified atom stereocenters. The summed E-state index contributed by atoms with van der Waals surface area (Å²) in [5.41, 5.74) is -0.263. The number of fused-ring (bicyclic) bond motifs is 1. The standard InChI is InChI=1S/C21H19NO7/c1-21(2,3)28-17(23)12-27-14-8-6-7-13(11-14)20(26)29-22-18(24)15-9-4-5-10-16(15)19(22)25/h4-11H,12H2,1-3H3. The lowest BCUT2D eigenvalue weighted by Crippen LogP contribution is -2.32. The number of carbonyl (C=O) groups excluding carboxylic acids is 4. The minimum Gasteiger partial charge on any atom is -0.482 e. The Labute approximate surface area is 166 Å². The average molecular weight is 397 g/mol. The van der Waals surface area contributed by atoms with Crippen LogP contribution in [0.1, 0.15) is 51.8 Å². The summed E-state index contributed by atoms with van der Waals surface area (Å²) in [4.78, 5) is 53.7. The second-order valence-electron chi connectivity index (χ2n) is 7.23. The summed E-state index contributed by atoms with van der Waals surface area (Å²) < 4.78 is 10.5. The van der Waals surface area contributed by atoms with Gasteiger partial charge in [-0.1, -0.05) is 23.3 Å².